The van der Waals surface area contributed by atoms with Crippen molar-refractivity contribution in [1.29, 1.82) is 0 Å². The summed E-state index contributed by atoms with van der Waals surface area (Å²) in [5.74, 6) is 0. The van der Waals surface area contributed by atoms with Crippen LogP contribution in [-0.2, 0) is 17.3 Å². The highest BCUT2D eigenvalue weighted by Crippen LogP contribution is 2.36. The fraction of sp³-hybridized carbons (Fsp3) is 0.655. The van der Waals surface area contributed by atoms with Gasteiger partial charge >= 0.3 is 0 Å². The molecule has 0 spiro atoms. The Morgan fingerprint density at radius 2 is 1.20 bits per heavy atom. The topological polar surface area (TPSA) is 20.2 Å². The minimum absolute atomic E-state index is 0.0521. The predicted octanol–water partition coefficient (Wildman–Crippen LogP) is 8.15. The van der Waals surface area contributed by atoms with E-state index in [0.29, 0.717) is 6.42 Å². The molecule has 30 heavy (non-hydrogen) atoms. The van der Waals surface area contributed by atoms with Crippen molar-refractivity contribution in [3.05, 3.63) is 58.2 Å². The third-order valence-electron chi connectivity index (χ3n) is 5.87. The Labute approximate surface area is 187 Å². The van der Waals surface area contributed by atoms with Crippen LogP contribution in [0.3, 0.4) is 0 Å². The fourth-order valence-corrected chi connectivity index (χ4v) is 3.72. The number of allylic oxidation sites excluding steroid dienone is 3. The number of rotatable bonds is 4. The van der Waals surface area contributed by atoms with E-state index in [1.54, 1.807) is 0 Å². The predicted molar refractivity (Wildman–Crippen MR) is 134 cm³/mol. The summed E-state index contributed by atoms with van der Waals surface area (Å²) in [6.45, 7) is 28.9. The Balaban J connectivity index is 3.48. The van der Waals surface area contributed by atoms with E-state index in [4.69, 9.17) is 0 Å². The smallest absolute Gasteiger partial charge is 0.0798 e. The summed E-state index contributed by atoms with van der Waals surface area (Å²) >= 11 is 0. The second-order valence-electron chi connectivity index (χ2n) is 13.0. The third kappa shape index (κ3) is 7.41. The normalized spacial score (nSPS) is 16.1. The number of aliphatic hydroxyl groups excluding tert-OH is 1. The van der Waals surface area contributed by atoms with Gasteiger partial charge < -0.3 is 5.11 Å². The molecule has 0 radical (unpaired) electrons. The molecule has 0 saturated heterocycles. The summed E-state index contributed by atoms with van der Waals surface area (Å²) < 4.78 is 0. The van der Waals surface area contributed by atoms with Crippen LogP contribution in [-0.4, -0.2) is 11.2 Å². The highest BCUT2D eigenvalue weighted by molar-refractivity contribution is 5.39. The molecular formula is C29H48O. The van der Waals surface area contributed by atoms with Gasteiger partial charge in [-0.3, -0.25) is 0 Å². The summed E-state index contributed by atoms with van der Waals surface area (Å²) in [5.41, 5.74) is 6.36. The van der Waals surface area contributed by atoms with Gasteiger partial charge in [0, 0.05) is 6.42 Å². The van der Waals surface area contributed by atoms with Crippen LogP contribution in [0.25, 0.3) is 0 Å². The lowest BCUT2D eigenvalue weighted by Crippen LogP contribution is -2.26. The molecule has 1 nitrogen and oxygen atoms in total. The molecule has 1 aromatic rings. The SMILES string of the molecule is C/C=C(\C=C(\C(O)Cc1cc(C(C)(C)C)cc(C(C)(C)C)c1)C(C)(C)C)C(C)(C)C. The summed E-state index contributed by atoms with van der Waals surface area (Å²) in [6.07, 6.45) is 4.54. The van der Waals surface area contributed by atoms with E-state index in [-0.39, 0.29) is 21.7 Å². The standard InChI is InChI=1S/C29H48O/c1-14-21(26(2,3)4)19-24(29(11,12)13)25(30)17-20-15-22(27(5,6)7)18-23(16-20)28(8,9)10/h14-16,18-19,25,30H,17H2,1-13H3/b21-14+,24-19-. The van der Waals surface area contributed by atoms with E-state index >= 15 is 0 Å². The molecule has 0 amide bonds. The Hall–Kier alpha value is -1.34. The first-order chi connectivity index (χ1) is 13.3. The highest BCUT2D eigenvalue weighted by atomic mass is 16.3. The molecule has 1 N–H and O–H groups in total. The van der Waals surface area contributed by atoms with Crippen LogP contribution in [0.15, 0.2) is 41.5 Å². The van der Waals surface area contributed by atoms with Crippen molar-refractivity contribution in [1.82, 2.24) is 0 Å². The number of hydrogen-bond donors (Lipinski definition) is 1. The van der Waals surface area contributed by atoms with Crippen molar-refractivity contribution in [3.63, 3.8) is 0 Å². The Bertz CT molecular complexity index is 745. The molecule has 1 atom stereocenters. The monoisotopic (exact) mass is 412 g/mol. The van der Waals surface area contributed by atoms with Crippen molar-refractivity contribution in [2.45, 2.75) is 113 Å². The van der Waals surface area contributed by atoms with E-state index in [0.717, 1.165) is 5.57 Å². The second kappa shape index (κ2) is 9.03. The molecule has 1 aromatic carbocycles. The number of benzene rings is 1. The lowest BCUT2D eigenvalue weighted by molar-refractivity contribution is 0.184. The zero-order chi connectivity index (χ0) is 23.7. The summed E-state index contributed by atoms with van der Waals surface area (Å²) in [7, 11) is 0. The van der Waals surface area contributed by atoms with E-state index in [9.17, 15) is 5.11 Å². The summed E-state index contributed by atoms with van der Waals surface area (Å²) in [6, 6.07) is 6.92. The van der Waals surface area contributed by atoms with Crippen molar-refractivity contribution >= 4 is 0 Å². The van der Waals surface area contributed by atoms with Gasteiger partial charge in [-0.05, 0) is 56.4 Å². The van der Waals surface area contributed by atoms with Gasteiger partial charge in [-0.15, -0.1) is 0 Å². The first-order valence-electron chi connectivity index (χ1n) is 11.5. The van der Waals surface area contributed by atoms with Crippen molar-refractivity contribution < 1.29 is 5.11 Å². The molecule has 0 saturated carbocycles. The molecule has 0 aliphatic rings. The Morgan fingerprint density at radius 3 is 1.50 bits per heavy atom. The summed E-state index contributed by atoms with van der Waals surface area (Å²) in [5, 5.41) is 11.4. The molecule has 1 rings (SSSR count). The van der Waals surface area contributed by atoms with Crippen LogP contribution < -0.4 is 0 Å². The maximum absolute atomic E-state index is 11.4. The van der Waals surface area contributed by atoms with Gasteiger partial charge in [0.25, 0.3) is 0 Å². The zero-order valence-corrected chi connectivity index (χ0v) is 22.1. The second-order valence-corrected chi connectivity index (χ2v) is 13.0. The highest BCUT2D eigenvalue weighted by Gasteiger charge is 2.27. The lowest BCUT2D eigenvalue weighted by atomic mass is 9.76. The minimum atomic E-state index is -0.509. The first kappa shape index (κ1) is 26.7. The van der Waals surface area contributed by atoms with Gasteiger partial charge in [0.1, 0.15) is 0 Å². The molecule has 0 aliphatic heterocycles. The molecule has 0 heterocycles. The van der Waals surface area contributed by atoms with Crippen molar-refractivity contribution in [2.75, 3.05) is 0 Å². The fourth-order valence-electron chi connectivity index (χ4n) is 3.72. The van der Waals surface area contributed by atoms with E-state index < -0.39 is 6.10 Å². The van der Waals surface area contributed by atoms with Gasteiger partial charge in [-0.1, -0.05) is 113 Å². The lowest BCUT2D eigenvalue weighted by Gasteiger charge is -2.31. The summed E-state index contributed by atoms with van der Waals surface area (Å²) in [4.78, 5) is 0. The maximum atomic E-state index is 11.4. The van der Waals surface area contributed by atoms with Gasteiger partial charge in [0.2, 0.25) is 0 Å². The third-order valence-corrected chi connectivity index (χ3v) is 5.87. The number of hydrogen-bond acceptors (Lipinski definition) is 1. The zero-order valence-electron chi connectivity index (χ0n) is 22.1. The van der Waals surface area contributed by atoms with Crippen LogP contribution in [0.5, 0.6) is 0 Å². The van der Waals surface area contributed by atoms with Crippen LogP contribution in [0, 0.1) is 10.8 Å². The molecule has 0 bridgehead atoms. The van der Waals surface area contributed by atoms with Crippen molar-refractivity contribution in [3.8, 4) is 0 Å². The average Bonchev–Trinajstić information content (AvgIpc) is 2.50. The average molecular weight is 413 g/mol. The van der Waals surface area contributed by atoms with Gasteiger partial charge in [0.15, 0.2) is 0 Å². The van der Waals surface area contributed by atoms with Crippen LogP contribution in [0.4, 0.5) is 0 Å². The Morgan fingerprint density at radius 1 is 0.767 bits per heavy atom. The van der Waals surface area contributed by atoms with Crippen LogP contribution in [0.1, 0.15) is 107 Å². The molecule has 0 fully saturated rings. The molecule has 170 valence electrons. The maximum Gasteiger partial charge on any atom is 0.0798 e. The molecule has 0 aliphatic carbocycles. The van der Waals surface area contributed by atoms with E-state index in [1.165, 1.54) is 22.3 Å². The number of aliphatic hydroxyl groups is 1. The van der Waals surface area contributed by atoms with Gasteiger partial charge in [-0.2, -0.15) is 0 Å². The first-order valence-corrected chi connectivity index (χ1v) is 11.5. The minimum Gasteiger partial charge on any atom is -0.388 e. The molecule has 1 unspecified atom stereocenters. The van der Waals surface area contributed by atoms with Crippen LogP contribution >= 0.6 is 0 Å². The Kier molecular flexibility index (Phi) is 8.04. The van der Waals surface area contributed by atoms with E-state index in [1.807, 2.05) is 0 Å². The van der Waals surface area contributed by atoms with Crippen molar-refractivity contribution in [2.24, 2.45) is 10.8 Å². The molecule has 0 aromatic heterocycles. The molecular weight excluding hydrogens is 364 g/mol. The van der Waals surface area contributed by atoms with Gasteiger partial charge in [-0.25, -0.2) is 0 Å². The van der Waals surface area contributed by atoms with E-state index in [2.05, 4.69) is 120 Å². The van der Waals surface area contributed by atoms with Gasteiger partial charge in [0.05, 0.1) is 6.10 Å². The largest absolute Gasteiger partial charge is 0.388 e. The van der Waals surface area contributed by atoms with Crippen LogP contribution in [0.2, 0.25) is 0 Å². The molecule has 1 heteroatoms. The quantitative estimate of drug-likeness (QED) is 0.495.